The summed E-state index contributed by atoms with van der Waals surface area (Å²) in [5.74, 6) is -0.341. The van der Waals surface area contributed by atoms with Gasteiger partial charge in [-0.1, -0.05) is 42.5 Å². The summed E-state index contributed by atoms with van der Waals surface area (Å²) < 4.78 is 5.80. The van der Waals surface area contributed by atoms with Crippen LogP contribution in [0, 0.1) is 5.92 Å². The van der Waals surface area contributed by atoms with Crippen LogP contribution in [0.2, 0.25) is 0 Å². The molecule has 0 aliphatic carbocycles. The second-order valence-electron chi connectivity index (χ2n) is 8.20. The van der Waals surface area contributed by atoms with Gasteiger partial charge >= 0.3 is 12.1 Å². The first-order chi connectivity index (χ1) is 14.6. The average Bonchev–Trinajstić information content (AvgIpc) is 2.75. The number of aliphatic carboxylic acids is 1. The van der Waals surface area contributed by atoms with Crippen molar-refractivity contribution in [3.63, 3.8) is 0 Å². The van der Waals surface area contributed by atoms with Gasteiger partial charge in [0.05, 0.1) is 5.69 Å². The Kier molecular flexibility index (Phi) is 6.33. The van der Waals surface area contributed by atoms with Crippen molar-refractivity contribution < 1.29 is 19.4 Å². The summed E-state index contributed by atoms with van der Waals surface area (Å²) in [5.41, 5.74) is 3.62. The van der Waals surface area contributed by atoms with Crippen molar-refractivity contribution in [3.8, 4) is 11.1 Å². The van der Waals surface area contributed by atoms with E-state index < -0.39 is 12.1 Å². The lowest BCUT2D eigenvalue weighted by atomic mass is 9.86. The van der Waals surface area contributed by atoms with Gasteiger partial charge in [0.2, 0.25) is 0 Å². The van der Waals surface area contributed by atoms with Crippen LogP contribution in [-0.2, 0) is 16.0 Å². The van der Waals surface area contributed by atoms with Crippen molar-refractivity contribution in [2.75, 3.05) is 25.0 Å². The third-order valence-corrected chi connectivity index (χ3v) is 6.12. The van der Waals surface area contributed by atoms with E-state index in [0.717, 1.165) is 49.2 Å². The molecule has 6 nitrogen and oxygen atoms in total. The minimum Gasteiger partial charge on any atom is -0.481 e. The molecule has 3 heterocycles. The number of hydrogen-bond acceptors (Lipinski definition) is 4. The molecule has 0 unspecified atom stereocenters. The standard InChI is InChI=1S/C24H28N2O4/c27-23(28)8-4-5-17-9-10-20(18-6-2-1-3-7-18)21(15-17)25-24(29)30-22-16-26-13-11-19(22)12-14-26/h1-3,6-7,9-10,15,19,22H,4-5,8,11-14,16H2,(H,25,29)(H,27,28)/t22-/m0/s1. The molecule has 6 heteroatoms. The molecule has 2 aromatic rings. The Balaban J connectivity index is 1.49. The van der Waals surface area contributed by atoms with E-state index in [0.29, 0.717) is 24.4 Å². The van der Waals surface area contributed by atoms with Gasteiger partial charge in [-0.25, -0.2) is 4.79 Å². The predicted molar refractivity (Wildman–Crippen MR) is 116 cm³/mol. The molecule has 3 fully saturated rings. The van der Waals surface area contributed by atoms with Crippen LogP contribution in [0.3, 0.4) is 0 Å². The topological polar surface area (TPSA) is 78.9 Å². The number of rotatable bonds is 7. The molecule has 5 rings (SSSR count). The molecule has 2 N–H and O–H groups in total. The maximum absolute atomic E-state index is 12.7. The van der Waals surface area contributed by atoms with Gasteiger partial charge in [-0.2, -0.15) is 0 Å². The van der Waals surface area contributed by atoms with Gasteiger partial charge in [-0.15, -0.1) is 0 Å². The molecule has 3 aliphatic rings. The van der Waals surface area contributed by atoms with Crippen molar-refractivity contribution in [2.24, 2.45) is 5.92 Å². The van der Waals surface area contributed by atoms with Crippen LogP contribution in [0.15, 0.2) is 48.5 Å². The fourth-order valence-corrected chi connectivity index (χ4v) is 4.48. The first kappa shape index (κ1) is 20.4. The van der Waals surface area contributed by atoms with Gasteiger partial charge in [0.25, 0.3) is 0 Å². The number of carbonyl (C=O) groups is 2. The number of ether oxygens (including phenoxy) is 1. The van der Waals surface area contributed by atoms with E-state index in [1.165, 1.54) is 0 Å². The normalized spacial score (nSPS) is 22.5. The number of carboxylic acid groups (broad SMARTS) is 1. The number of carbonyl (C=O) groups excluding carboxylic acids is 1. The Labute approximate surface area is 176 Å². The number of fused-ring (bicyclic) bond motifs is 3. The van der Waals surface area contributed by atoms with Gasteiger partial charge in [-0.05, 0) is 61.9 Å². The number of piperidine rings is 3. The Hall–Kier alpha value is -2.86. The number of nitrogens with one attached hydrogen (secondary N) is 1. The summed E-state index contributed by atoms with van der Waals surface area (Å²) in [7, 11) is 0. The van der Waals surface area contributed by atoms with E-state index in [4.69, 9.17) is 9.84 Å². The van der Waals surface area contributed by atoms with Crippen molar-refractivity contribution >= 4 is 17.7 Å². The molecule has 2 bridgehead atoms. The lowest BCUT2D eigenvalue weighted by molar-refractivity contribution is -0.137. The Bertz CT molecular complexity index is 891. The molecule has 158 valence electrons. The highest BCUT2D eigenvalue weighted by atomic mass is 16.6. The van der Waals surface area contributed by atoms with Crippen molar-refractivity contribution in [3.05, 3.63) is 54.1 Å². The maximum atomic E-state index is 12.7. The lowest BCUT2D eigenvalue weighted by Crippen LogP contribution is -2.52. The van der Waals surface area contributed by atoms with E-state index >= 15 is 0 Å². The van der Waals surface area contributed by atoms with Crippen LogP contribution in [0.25, 0.3) is 11.1 Å². The first-order valence-corrected chi connectivity index (χ1v) is 10.7. The van der Waals surface area contributed by atoms with Crippen molar-refractivity contribution in [1.29, 1.82) is 0 Å². The highest BCUT2D eigenvalue weighted by Gasteiger charge is 2.36. The molecule has 30 heavy (non-hydrogen) atoms. The fourth-order valence-electron chi connectivity index (χ4n) is 4.48. The molecule has 0 aromatic heterocycles. The van der Waals surface area contributed by atoms with Crippen LogP contribution in [0.4, 0.5) is 10.5 Å². The number of carboxylic acids is 1. The quantitative estimate of drug-likeness (QED) is 0.710. The highest BCUT2D eigenvalue weighted by Crippen LogP contribution is 2.32. The summed E-state index contributed by atoms with van der Waals surface area (Å²) in [4.78, 5) is 25.9. The van der Waals surface area contributed by atoms with Crippen LogP contribution in [0.1, 0.15) is 31.2 Å². The lowest BCUT2D eigenvalue weighted by Gasteiger charge is -2.43. The zero-order valence-electron chi connectivity index (χ0n) is 17.0. The van der Waals surface area contributed by atoms with Gasteiger partial charge < -0.3 is 9.84 Å². The highest BCUT2D eigenvalue weighted by molar-refractivity contribution is 5.91. The minimum atomic E-state index is -0.796. The minimum absolute atomic E-state index is 0.0496. The summed E-state index contributed by atoms with van der Waals surface area (Å²) in [6, 6.07) is 15.8. The van der Waals surface area contributed by atoms with Gasteiger partial charge in [-0.3, -0.25) is 15.0 Å². The Morgan fingerprint density at radius 3 is 2.53 bits per heavy atom. The SMILES string of the molecule is O=C(O)CCCc1ccc(-c2ccccc2)c(NC(=O)O[C@H]2CN3CCC2CC3)c1. The average molecular weight is 408 g/mol. The third kappa shape index (κ3) is 5.00. The molecular weight excluding hydrogens is 380 g/mol. The summed E-state index contributed by atoms with van der Waals surface area (Å²) >= 11 is 0. The van der Waals surface area contributed by atoms with E-state index in [1.807, 2.05) is 48.5 Å². The largest absolute Gasteiger partial charge is 0.481 e. The smallest absolute Gasteiger partial charge is 0.411 e. The molecule has 3 saturated heterocycles. The Morgan fingerprint density at radius 2 is 1.87 bits per heavy atom. The fraction of sp³-hybridized carbons (Fsp3) is 0.417. The van der Waals surface area contributed by atoms with Crippen molar-refractivity contribution in [2.45, 2.75) is 38.2 Å². The molecule has 1 atom stereocenters. The zero-order valence-corrected chi connectivity index (χ0v) is 17.0. The molecule has 1 amide bonds. The predicted octanol–water partition coefficient (Wildman–Crippen LogP) is 4.40. The summed E-state index contributed by atoms with van der Waals surface area (Å²) in [6.45, 7) is 3.02. The Morgan fingerprint density at radius 1 is 1.10 bits per heavy atom. The van der Waals surface area contributed by atoms with Gasteiger partial charge in [0.1, 0.15) is 6.10 Å². The zero-order chi connectivity index (χ0) is 20.9. The third-order valence-electron chi connectivity index (χ3n) is 6.12. The number of nitrogens with zero attached hydrogens (tertiary/aromatic N) is 1. The molecule has 0 spiro atoms. The number of benzene rings is 2. The van der Waals surface area contributed by atoms with E-state index in [9.17, 15) is 9.59 Å². The number of hydrogen-bond donors (Lipinski definition) is 2. The molecule has 0 saturated carbocycles. The van der Waals surface area contributed by atoms with Crippen molar-refractivity contribution in [1.82, 2.24) is 4.90 Å². The number of amides is 1. The van der Waals surface area contributed by atoms with Crippen LogP contribution in [-0.4, -0.2) is 47.8 Å². The molecule has 3 aliphatic heterocycles. The second kappa shape index (κ2) is 9.30. The van der Waals surface area contributed by atoms with Crippen LogP contribution >= 0.6 is 0 Å². The van der Waals surface area contributed by atoms with E-state index in [-0.39, 0.29) is 12.5 Å². The molecule has 0 radical (unpaired) electrons. The number of aryl methyl sites for hydroxylation is 1. The monoisotopic (exact) mass is 408 g/mol. The van der Waals surface area contributed by atoms with Gasteiger partial charge in [0, 0.05) is 18.5 Å². The maximum Gasteiger partial charge on any atom is 0.411 e. The van der Waals surface area contributed by atoms with Crippen LogP contribution < -0.4 is 5.32 Å². The van der Waals surface area contributed by atoms with Gasteiger partial charge in [0.15, 0.2) is 0 Å². The first-order valence-electron chi connectivity index (χ1n) is 10.7. The molecule has 2 aromatic carbocycles. The van der Waals surface area contributed by atoms with E-state index in [2.05, 4.69) is 10.2 Å². The van der Waals surface area contributed by atoms with Crippen LogP contribution in [0.5, 0.6) is 0 Å². The molecular formula is C24H28N2O4. The summed E-state index contributed by atoms with van der Waals surface area (Å²) in [6.07, 6.45) is 3.04. The van der Waals surface area contributed by atoms with E-state index in [1.54, 1.807) is 0 Å². The number of anilines is 1. The summed E-state index contributed by atoms with van der Waals surface area (Å²) in [5, 5.41) is 11.8. The second-order valence-corrected chi connectivity index (χ2v) is 8.20.